The van der Waals surface area contributed by atoms with Crippen LogP contribution in [-0.4, -0.2) is 24.4 Å². The summed E-state index contributed by atoms with van der Waals surface area (Å²) >= 11 is 5.17. The van der Waals surface area contributed by atoms with Crippen molar-refractivity contribution in [3.8, 4) is 0 Å². The van der Waals surface area contributed by atoms with Gasteiger partial charge in [-0.3, -0.25) is 0 Å². The van der Waals surface area contributed by atoms with Crippen LogP contribution in [0.5, 0.6) is 0 Å². The number of benzene rings is 1. The molecule has 1 aromatic rings. The zero-order valence-corrected chi connectivity index (χ0v) is 13.1. The Balaban J connectivity index is 1.54. The molecule has 2 N–H and O–H groups in total. The summed E-state index contributed by atoms with van der Waals surface area (Å²) in [4.78, 5) is 0. The van der Waals surface area contributed by atoms with Crippen molar-refractivity contribution in [3.05, 3.63) is 30.1 Å². The number of hydrogen-bond acceptors (Lipinski definition) is 2. The Hall–Kier alpha value is -1.20. The topological polar surface area (TPSA) is 33.3 Å². The fourth-order valence-electron chi connectivity index (χ4n) is 2.50. The minimum atomic E-state index is -0.274. The van der Waals surface area contributed by atoms with Gasteiger partial charge < -0.3 is 15.4 Å². The highest BCUT2D eigenvalue weighted by Gasteiger charge is 2.12. The zero-order chi connectivity index (χ0) is 14.9. The third-order valence-electron chi connectivity index (χ3n) is 3.59. The van der Waals surface area contributed by atoms with Crippen LogP contribution in [-0.2, 0) is 4.74 Å². The Morgan fingerprint density at radius 3 is 2.86 bits per heavy atom. The second-order valence-electron chi connectivity index (χ2n) is 5.38. The average molecular weight is 310 g/mol. The monoisotopic (exact) mass is 310 g/mol. The molecule has 1 aliphatic rings. The summed E-state index contributed by atoms with van der Waals surface area (Å²) in [6, 6.07) is 6.26. The lowest BCUT2D eigenvalue weighted by atomic mass is 9.98. The number of anilines is 1. The standard InChI is InChI=1S/C16H23FN2OS/c17-13-6-4-7-14(12-13)19-16(21)18-10-5-11-20-15-8-2-1-3-9-15/h4,6-7,12,15H,1-3,5,8-11H2,(H2,18,19,21). The molecule has 2 rings (SSSR count). The Kier molecular flexibility index (Phi) is 6.89. The first-order chi connectivity index (χ1) is 10.2. The van der Waals surface area contributed by atoms with Gasteiger partial charge in [0.1, 0.15) is 5.82 Å². The maximum Gasteiger partial charge on any atom is 0.170 e. The summed E-state index contributed by atoms with van der Waals surface area (Å²) in [6.45, 7) is 1.52. The van der Waals surface area contributed by atoms with Gasteiger partial charge in [-0.2, -0.15) is 0 Å². The molecule has 0 saturated heterocycles. The van der Waals surface area contributed by atoms with Crippen LogP contribution in [0.4, 0.5) is 10.1 Å². The van der Waals surface area contributed by atoms with E-state index in [9.17, 15) is 4.39 Å². The minimum absolute atomic E-state index is 0.274. The molecule has 116 valence electrons. The van der Waals surface area contributed by atoms with Gasteiger partial charge in [0.15, 0.2) is 5.11 Å². The molecule has 0 aliphatic heterocycles. The molecule has 0 radical (unpaired) electrons. The number of ether oxygens (including phenoxy) is 1. The first kappa shape index (κ1) is 16.2. The SMILES string of the molecule is Fc1cccc(NC(=S)NCCCOC2CCCCC2)c1. The van der Waals surface area contributed by atoms with Gasteiger partial charge in [-0.1, -0.05) is 25.3 Å². The highest BCUT2D eigenvalue weighted by Crippen LogP contribution is 2.20. The number of nitrogens with one attached hydrogen (secondary N) is 2. The van der Waals surface area contributed by atoms with Crippen LogP contribution in [0, 0.1) is 5.82 Å². The summed E-state index contributed by atoms with van der Waals surface area (Å²) in [5, 5.41) is 6.58. The smallest absolute Gasteiger partial charge is 0.170 e. The molecule has 5 heteroatoms. The van der Waals surface area contributed by atoms with Crippen molar-refractivity contribution in [1.82, 2.24) is 5.32 Å². The second kappa shape index (κ2) is 8.95. The van der Waals surface area contributed by atoms with Gasteiger partial charge in [0.05, 0.1) is 6.10 Å². The average Bonchev–Trinajstić information content (AvgIpc) is 2.48. The molecule has 0 amide bonds. The van der Waals surface area contributed by atoms with Crippen LogP contribution >= 0.6 is 12.2 Å². The number of rotatable bonds is 6. The molecule has 21 heavy (non-hydrogen) atoms. The Bertz CT molecular complexity index is 450. The number of thiocarbonyl (C=S) groups is 1. The van der Waals surface area contributed by atoms with E-state index >= 15 is 0 Å². The van der Waals surface area contributed by atoms with Crippen LogP contribution < -0.4 is 10.6 Å². The van der Waals surface area contributed by atoms with Crippen molar-refractivity contribution in [3.63, 3.8) is 0 Å². The van der Waals surface area contributed by atoms with Gasteiger partial charge >= 0.3 is 0 Å². The lowest BCUT2D eigenvalue weighted by Gasteiger charge is -2.22. The lowest BCUT2D eigenvalue weighted by molar-refractivity contribution is 0.0277. The molecule has 0 bridgehead atoms. The molecular formula is C16H23FN2OS. The minimum Gasteiger partial charge on any atom is -0.378 e. The van der Waals surface area contributed by atoms with Crippen molar-refractivity contribution in [2.75, 3.05) is 18.5 Å². The molecule has 0 spiro atoms. The summed E-state index contributed by atoms with van der Waals surface area (Å²) in [6.07, 6.45) is 7.72. The molecule has 1 aliphatic carbocycles. The van der Waals surface area contributed by atoms with Gasteiger partial charge in [-0.15, -0.1) is 0 Å². The van der Waals surface area contributed by atoms with E-state index in [4.69, 9.17) is 17.0 Å². The van der Waals surface area contributed by atoms with E-state index in [1.807, 2.05) is 0 Å². The van der Waals surface area contributed by atoms with Crippen molar-refractivity contribution in [1.29, 1.82) is 0 Å². The van der Waals surface area contributed by atoms with Gasteiger partial charge in [-0.05, 0) is 49.7 Å². The molecule has 0 atom stereocenters. The van der Waals surface area contributed by atoms with Gasteiger partial charge in [0.25, 0.3) is 0 Å². The fourth-order valence-corrected chi connectivity index (χ4v) is 2.72. The normalized spacial score (nSPS) is 15.7. The van der Waals surface area contributed by atoms with Gasteiger partial charge in [0, 0.05) is 18.8 Å². The molecule has 1 saturated carbocycles. The van der Waals surface area contributed by atoms with Crippen molar-refractivity contribution >= 4 is 23.0 Å². The molecule has 1 aromatic carbocycles. The third kappa shape index (κ3) is 6.40. The maximum atomic E-state index is 13.0. The van der Waals surface area contributed by atoms with Crippen LogP contribution in [0.25, 0.3) is 0 Å². The Morgan fingerprint density at radius 1 is 1.29 bits per heavy atom. The van der Waals surface area contributed by atoms with E-state index in [1.165, 1.54) is 44.2 Å². The first-order valence-corrected chi connectivity index (χ1v) is 8.07. The quantitative estimate of drug-likeness (QED) is 0.617. The largest absolute Gasteiger partial charge is 0.378 e. The molecule has 0 unspecified atom stereocenters. The zero-order valence-electron chi connectivity index (χ0n) is 12.2. The van der Waals surface area contributed by atoms with Crippen molar-refractivity contribution in [2.45, 2.75) is 44.6 Å². The molecule has 0 aromatic heterocycles. The van der Waals surface area contributed by atoms with Crippen LogP contribution in [0.2, 0.25) is 0 Å². The number of halogens is 1. The van der Waals surface area contributed by atoms with Crippen LogP contribution in [0.3, 0.4) is 0 Å². The van der Waals surface area contributed by atoms with E-state index in [-0.39, 0.29) is 5.82 Å². The molecule has 1 fully saturated rings. The second-order valence-corrected chi connectivity index (χ2v) is 5.78. The van der Waals surface area contributed by atoms with E-state index < -0.39 is 0 Å². The van der Waals surface area contributed by atoms with E-state index in [2.05, 4.69) is 10.6 Å². The van der Waals surface area contributed by atoms with E-state index in [1.54, 1.807) is 12.1 Å². The first-order valence-electron chi connectivity index (χ1n) is 7.66. The van der Waals surface area contributed by atoms with Crippen molar-refractivity contribution in [2.24, 2.45) is 0 Å². The van der Waals surface area contributed by atoms with E-state index in [0.717, 1.165) is 19.6 Å². The van der Waals surface area contributed by atoms with E-state index in [0.29, 0.717) is 16.9 Å². The highest BCUT2D eigenvalue weighted by molar-refractivity contribution is 7.80. The fraction of sp³-hybridized carbons (Fsp3) is 0.562. The summed E-state index contributed by atoms with van der Waals surface area (Å²) in [5.41, 5.74) is 0.658. The van der Waals surface area contributed by atoms with Crippen LogP contribution in [0.15, 0.2) is 24.3 Å². The molecule has 3 nitrogen and oxygen atoms in total. The van der Waals surface area contributed by atoms with Crippen molar-refractivity contribution < 1.29 is 9.13 Å². The lowest BCUT2D eigenvalue weighted by Crippen LogP contribution is -2.30. The predicted octanol–water partition coefficient (Wildman–Crippen LogP) is 3.85. The summed E-state index contributed by atoms with van der Waals surface area (Å²) < 4.78 is 18.9. The van der Waals surface area contributed by atoms with Gasteiger partial charge in [0.2, 0.25) is 0 Å². The summed E-state index contributed by atoms with van der Waals surface area (Å²) in [5.74, 6) is -0.274. The molecule has 0 heterocycles. The number of hydrogen-bond donors (Lipinski definition) is 2. The third-order valence-corrected chi connectivity index (χ3v) is 3.84. The maximum absolute atomic E-state index is 13.0. The van der Waals surface area contributed by atoms with Gasteiger partial charge in [-0.25, -0.2) is 4.39 Å². The van der Waals surface area contributed by atoms with Crippen LogP contribution in [0.1, 0.15) is 38.5 Å². The Morgan fingerprint density at radius 2 is 2.10 bits per heavy atom. The predicted molar refractivity (Wildman–Crippen MR) is 88.1 cm³/mol. The molecular weight excluding hydrogens is 287 g/mol. The highest BCUT2D eigenvalue weighted by atomic mass is 32.1. The summed E-state index contributed by atoms with van der Waals surface area (Å²) in [7, 11) is 0. The Labute approximate surface area is 131 Å².